The largest absolute Gasteiger partial charge is 0.478 e. The van der Waals surface area contributed by atoms with Gasteiger partial charge in [-0.3, -0.25) is 0 Å². The molecule has 1 saturated heterocycles. The highest BCUT2D eigenvalue weighted by molar-refractivity contribution is 5.95. The number of nitrogens with zero attached hydrogens (tertiary/aromatic N) is 1. The van der Waals surface area contributed by atoms with Crippen LogP contribution in [0.25, 0.3) is 0 Å². The molecule has 1 aromatic carbocycles. The Kier molecular flexibility index (Phi) is 4.57. The van der Waals surface area contributed by atoms with Crippen LogP contribution in [0.15, 0.2) is 18.2 Å². The van der Waals surface area contributed by atoms with Gasteiger partial charge in [-0.15, -0.1) is 0 Å². The van der Waals surface area contributed by atoms with Gasteiger partial charge < -0.3 is 20.6 Å². The number of rotatable bonds is 2. The van der Waals surface area contributed by atoms with E-state index in [2.05, 4.69) is 10.6 Å². The molecule has 0 aromatic heterocycles. The minimum absolute atomic E-state index is 0.181. The molecule has 1 heterocycles. The van der Waals surface area contributed by atoms with Crippen molar-refractivity contribution in [2.45, 2.75) is 13.3 Å². The summed E-state index contributed by atoms with van der Waals surface area (Å²) in [5.74, 6) is -0.988. The lowest BCUT2D eigenvalue weighted by molar-refractivity contribution is 0.0696. The summed E-state index contributed by atoms with van der Waals surface area (Å²) < 4.78 is 0. The van der Waals surface area contributed by atoms with E-state index in [9.17, 15) is 9.59 Å². The van der Waals surface area contributed by atoms with Crippen LogP contribution in [0.5, 0.6) is 0 Å². The van der Waals surface area contributed by atoms with Gasteiger partial charge in [0.1, 0.15) is 0 Å². The molecule has 108 valence electrons. The SMILES string of the molecule is Cc1c(NC(=O)N2CCCNCC2)cccc1C(=O)O. The molecule has 0 atom stereocenters. The van der Waals surface area contributed by atoms with E-state index < -0.39 is 5.97 Å². The molecule has 0 unspecified atom stereocenters. The smallest absolute Gasteiger partial charge is 0.336 e. The first kappa shape index (κ1) is 14.3. The number of aromatic carboxylic acids is 1. The molecule has 3 N–H and O–H groups in total. The fraction of sp³-hybridized carbons (Fsp3) is 0.429. The van der Waals surface area contributed by atoms with Crippen molar-refractivity contribution in [3.8, 4) is 0 Å². The molecular formula is C14H19N3O3. The monoisotopic (exact) mass is 277 g/mol. The Morgan fingerprint density at radius 2 is 2.10 bits per heavy atom. The molecule has 0 aliphatic carbocycles. The Balaban J connectivity index is 2.11. The molecule has 2 rings (SSSR count). The molecule has 6 heteroatoms. The summed E-state index contributed by atoms with van der Waals surface area (Å²) in [6, 6.07) is 4.70. The number of carboxylic acid groups (broad SMARTS) is 1. The summed E-state index contributed by atoms with van der Waals surface area (Å²) in [5.41, 5.74) is 1.33. The first-order valence-electron chi connectivity index (χ1n) is 6.69. The molecule has 1 aromatic rings. The number of hydrogen-bond donors (Lipinski definition) is 3. The molecule has 1 fully saturated rings. The van der Waals surface area contributed by atoms with E-state index in [1.165, 1.54) is 6.07 Å². The number of hydrogen-bond acceptors (Lipinski definition) is 3. The van der Waals surface area contributed by atoms with Crippen LogP contribution in [-0.4, -0.2) is 48.2 Å². The maximum Gasteiger partial charge on any atom is 0.336 e. The number of benzene rings is 1. The highest BCUT2D eigenvalue weighted by atomic mass is 16.4. The highest BCUT2D eigenvalue weighted by Gasteiger charge is 2.17. The van der Waals surface area contributed by atoms with Gasteiger partial charge in [-0.1, -0.05) is 6.07 Å². The molecule has 1 aliphatic heterocycles. The van der Waals surface area contributed by atoms with Crippen molar-refractivity contribution < 1.29 is 14.7 Å². The summed E-state index contributed by atoms with van der Waals surface area (Å²) in [6.45, 7) is 4.75. The first-order chi connectivity index (χ1) is 9.59. The van der Waals surface area contributed by atoms with E-state index in [4.69, 9.17) is 5.11 Å². The zero-order chi connectivity index (χ0) is 14.5. The number of anilines is 1. The van der Waals surface area contributed by atoms with Crippen molar-refractivity contribution in [1.29, 1.82) is 0 Å². The average Bonchev–Trinajstić information content (AvgIpc) is 2.69. The van der Waals surface area contributed by atoms with Gasteiger partial charge in [0, 0.05) is 25.3 Å². The Morgan fingerprint density at radius 1 is 1.30 bits per heavy atom. The van der Waals surface area contributed by atoms with Crippen molar-refractivity contribution >= 4 is 17.7 Å². The van der Waals surface area contributed by atoms with Crippen LogP contribution < -0.4 is 10.6 Å². The maximum atomic E-state index is 12.2. The third-order valence-corrected chi connectivity index (χ3v) is 3.43. The normalized spacial score (nSPS) is 15.6. The van der Waals surface area contributed by atoms with Gasteiger partial charge in [-0.05, 0) is 37.6 Å². The molecule has 2 amide bonds. The predicted octanol–water partition coefficient (Wildman–Crippen LogP) is 1.52. The number of carbonyl (C=O) groups excluding carboxylic acids is 1. The van der Waals surface area contributed by atoms with Crippen molar-refractivity contribution in [3.63, 3.8) is 0 Å². The van der Waals surface area contributed by atoms with Crippen molar-refractivity contribution in [2.24, 2.45) is 0 Å². The number of nitrogens with one attached hydrogen (secondary N) is 2. The number of carbonyl (C=O) groups is 2. The molecular weight excluding hydrogens is 258 g/mol. The van der Waals surface area contributed by atoms with E-state index in [-0.39, 0.29) is 11.6 Å². The second kappa shape index (κ2) is 6.38. The molecule has 0 radical (unpaired) electrons. The van der Waals surface area contributed by atoms with E-state index in [0.29, 0.717) is 24.3 Å². The molecule has 0 saturated carbocycles. The van der Waals surface area contributed by atoms with Crippen LogP contribution in [0.2, 0.25) is 0 Å². The Bertz CT molecular complexity index is 508. The minimum Gasteiger partial charge on any atom is -0.478 e. The van der Waals surface area contributed by atoms with Gasteiger partial charge in [0.15, 0.2) is 0 Å². The number of urea groups is 1. The van der Waals surface area contributed by atoms with Gasteiger partial charge in [0.05, 0.1) is 5.56 Å². The lowest BCUT2D eigenvalue weighted by Gasteiger charge is -2.21. The van der Waals surface area contributed by atoms with Crippen molar-refractivity contribution in [3.05, 3.63) is 29.3 Å². The van der Waals surface area contributed by atoms with Crippen LogP contribution in [0, 0.1) is 6.92 Å². The fourth-order valence-corrected chi connectivity index (χ4v) is 2.25. The van der Waals surface area contributed by atoms with E-state index in [1.54, 1.807) is 24.0 Å². The van der Waals surface area contributed by atoms with Crippen molar-refractivity contribution in [2.75, 3.05) is 31.5 Å². The summed E-state index contributed by atoms with van der Waals surface area (Å²) >= 11 is 0. The van der Waals surface area contributed by atoms with Crippen molar-refractivity contribution in [1.82, 2.24) is 10.2 Å². The third kappa shape index (κ3) is 3.27. The van der Waals surface area contributed by atoms with Gasteiger partial charge in [0.25, 0.3) is 0 Å². The second-order valence-electron chi connectivity index (χ2n) is 4.80. The minimum atomic E-state index is -0.988. The summed E-state index contributed by atoms with van der Waals surface area (Å²) in [4.78, 5) is 25.0. The topological polar surface area (TPSA) is 81.7 Å². The van der Waals surface area contributed by atoms with Crippen LogP contribution in [0.3, 0.4) is 0 Å². The van der Waals surface area contributed by atoms with E-state index >= 15 is 0 Å². The number of amides is 2. The lowest BCUT2D eigenvalue weighted by atomic mass is 10.1. The standard InChI is InChI=1S/C14H19N3O3/c1-10-11(13(18)19)4-2-5-12(10)16-14(20)17-8-3-6-15-7-9-17/h2,4-5,15H,3,6-9H2,1H3,(H,16,20)(H,18,19). The molecule has 1 aliphatic rings. The van der Waals surface area contributed by atoms with Gasteiger partial charge in [-0.25, -0.2) is 9.59 Å². The number of carboxylic acids is 1. The average molecular weight is 277 g/mol. The zero-order valence-corrected chi connectivity index (χ0v) is 11.5. The Morgan fingerprint density at radius 3 is 2.85 bits per heavy atom. The molecule has 0 spiro atoms. The maximum absolute atomic E-state index is 12.2. The predicted molar refractivity (Wildman–Crippen MR) is 76.2 cm³/mol. The molecule has 0 bridgehead atoms. The lowest BCUT2D eigenvalue weighted by Crippen LogP contribution is -2.37. The van der Waals surface area contributed by atoms with Gasteiger partial charge in [-0.2, -0.15) is 0 Å². The Hall–Kier alpha value is -2.08. The van der Waals surface area contributed by atoms with E-state index in [0.717, 1.165) is 19.5 Å². The summed E-state index contributed by atoms with van der Waals surface area (Å²) in [5, 5.41) is 15.1. The van der Waals surface area contributed by atoms with Gasteiger partial charge in [0.2, 0.25) is 0 Å². The second-order valence-corrected chi connectivity index (χ2v) is 4.80. The third-order valence-electron chi connectivity index (χ3n) is 3.43. The quantitative estimate of drug-likeness (QED) is 0.765. The fourth-order valence-electron chi connectivity index (χ4n) is 2.25. The molecule has 6 nitrogen and oxygen atoms in total. The van der Waals surface area contributed by atoms with Gasteiger partial charge >= 0.3 is 12.0 Å². The Labute approximate surface area is 117 Å². The summed E-state index contributed by atoms with van der Waals surface area (Å²) in [6.07, 6.45) is 0.918. The van der Waals surface area contributed by atoms with E-state index in [1.807, 2.05) is 0 Å². The highest BCUT2D eigenvalue weighted by Crippen LogP contribution is 2.19. The zero-order valence-electron chi connectivity index (χ0n) is 11.5. The summed E-state index contributed by atoms with van der Waals surface area (Å²) in [7, 11) is 0. The van der Waals surface area contributed by atoms with Crippen LogP contribution in [0.1, 0.15) is 22.3 Å². The van der Waals surface area contributed by atoms with Crippen LogP contribution in [0.4, 0.5) is 10.5 Å². The molecule has 20 heavy (non-hydrogen) atoms. The van der Waals surface area contributed by atoms with Crippen LogP contribution >= 0.6 is 0 Å². The first-order valence-corrected chi connectivity index (χ1v) is 6.69. The van der Waals surface area contributed by atoms with Crippen LogP contribution in [-0.2, 0) is 0 Å².